The lowest BCUT2D eigenvalue weighted by Crippen LogP contribution is -2.17. The molecule has 23 heavy (non-hydrogen) atoms. The quantitative estimate of drug-likeness (QED) is 0.764. The van der Waals surface area contributed by atoms with Crippen LogP contribution in [0.2, 0.25) is 0 Å². The first kappa shape index (κ1) is 16.8. The van der Waals surface area contributed by atoms with E-state index in [1.165, 1.54) is 14.2 Å². The first-order valence-corrected chi connectivity index (χ1v) is 7.59. The Bertz CT molecular complexity index is 740. The van der Waals surface area contributed by atoms with E-state index in [2.05, 4.69) is 20.5 Å². The maximum atomic E-state index is 12.0. The third kappa shape index (κ3) is 4.71. The number of carbonyl (C=O) groups excluding carboxylic acids is 1. The van der Waals surface area contributed by atoms with Crippen LogP contribution in [-0.4, -0.2) is 41.1 Å². The highest BCUT2D eigenvalue weighted by Crippen LogP contribution is 2.26. The summed E-state index contributed by atoms with van der Waals surface area (Å²) in [6, 6.07) is 5.06. The summed E-state index contributed by atoms with van der Waals surface area (Å²) in [6.45, 7) is 1.56. The molecule has 8 nitrogen and oxygen atoms in total. The van der Waals surface area contributed by atoms with Crippen molar-refractivity contribution in [1.82, 2.24) is 15.2 Å². The van der Waals surface area contributed by atoms with Crippen molar-refractivity contribution >= 4 is 23.4 Å². The fourth-order valence-electron chi connectivity index (χ4n) is 1.65. The first-order chi connectivity index (χ1) is 11.0. The fourth-order valence-corrected chi connectivity index (χ4v) is 2.26. The molecule has 0 bridgehead atoms. The largest absolute Gasteiger partial charge is 0.497 e. The Labute approximate surface area is 136 Å². The summed E-state index contributed by atoms with van der Waals surface area (Å²) in [5.41, 5.74) is 0.512. The van der Waals surface area contributed by atoms with Gasteiger partial charge in [0.15, 0.2) is 5.16 Å². The molecule has 0 radical (unpaired) electrons. The number of thioether (sulfide) groups is 1. The van der Waals surface area contributed by atoms with E-state index in [0.29, 0.717) is 22.3 Å². The second kappa shape index (κ2) is 7.63. The molecule has 1 heterocycles. The Morgan fingerprint density at radius 1 is 1.22 bits per heavy atom. The van der Waals surface area contributed by atoms with Gasteiger partial charge < -0.3 is 14.8 Å². The monoisotopic (exact) mass is 336 g/mol. The van der Waals surface area contributed by atoms with Crippen LogP contribution in [0.4, 0.5) is 5.69 Å². The van der Waals surface area contributed by atoms with E-state index in [9.17, 15) is 9.59 Å². The minimum atomic E-state index is -0.319. The zero-order valence-electron chi connectivity index (χ0n) is 12.9. The van der Waals surface area contributed by atoms with Crippen molar-refractivity contribution in [2.45, 2.75) is 12.1 Å². The van der Waals surface area contributed by atoms with Crippen LogP contribution in [0.15, 0.2) is 28.2 Å². The van der Waals surface area contributed by atoms with Gasteiger partial charge in [0.1, 0.15) is 17.2 Å². The number of amides is 1. The van der Waals surface area contributed by atoms with Gasteiger partial charge in [-0.1, -0.05) is 11.8 Å². The van der Waals surface area contributed by atoms with E-state index in [4.69, 9.17) is 9.47 Å². The van der Waals surface area contributed by atoms with Crippen molar-refractivity contribution in [2.24, 2.45) is 0 Å². The highest BCUT2D eigenvalue weighted by Gasteiger charge is 2.08. The van der Waals surface area contributed by atoms with Gasteiger partial charge in [0.05, 0.1) is 20.0 Å². The van der Waals surface area contributed by atoms with Crippen LogP contribution in [0.1, 0.15) is 5.69 Å². The Balaban J connectivity index is 1.99. The van der Waals surface area contributed by atoms with Crippen LogP contribution in [0, 0.1) is 6.92 Å². The van der Waals surface area contributed by atoms with Crippen LogP contribution in [0.5, 0.6) is 11.5 Å². The topological polar surface area (TPSA) is 106 Å². The molecule has 0 atom stereocenters. The molecule has 0 aliphatic rings. The average Bonchev–Trinajstić information content (AvgIpc) is 2.55. The van der Waals surface area contributed by atoms with Gasteiger partial charge in [-0.2, -0.15) is 0 Å². The van der Waals surface area contributed by atoms with Crippen molar-refractivity contribution in [3.63, 3.8) is 0 Å². The smallest absolute Gasteiger partial charge is 0.273 e. The third-order valence-corrected chi connectivity index (χ3v) is 3.68. The molecule has 2 aromatic rings. The number of ether oxygens (including phenoxy) is 2. The van der Waals surface area contributed by atoms with E-state index >= 15 is 0 Å². The summed E-state index contributed by atoms with van der Waals surface area (Å²) in [5, 5.41) is 10.5. The van der Waals surface area contributed by atoms with Gasteiger partial charge in [-0.25, -0.2) is 0 Å². The minimum absolute atomic E-state index is 0.0766. The van der Waals surface area contributed by atoms with Gasteiger partial charge in [0.25, 0.3) is 5.56 Å². The van der Waals surface area contributed by atoms with E-state index in [1.54, 1.807) is 25.1 Å². The number of hydrogen-bond acceptors (Lipinski definition) is 7. The number of H-pyrrole nitrogens is 1. The lowest BCUT2D eigenvalue weighted by molar-refractivity contribution is -0.113. The first-order valence-electron chi connectivity index (χ1n) is 6.61. The molecule has 0 saturated carbocycles. The highest BCUT2D eigenvalue weighted by atomic mass is 32.2. The molecule has 0 spiro atoms. The minimum Gasteiger partial charge on any atom is -0.497 e. The van der Waals surface area contributed by atoms with Crippen LogP contribution in [-0.2, 0) is 4.79 Å². The number of hydrogen-bond donors (Lipinski definition) is 2. The lowest BCUT2D eigenvalue weighted by atomic mass is 10.2. The number of anilines is 1. The predicted octanol–water partition coefficient (Wildman–Crippen LogP) is 1.22. The van der Waals surface area contributed by atoms with Crippen molar-refractivity contribution in [1.29, 1.82) is 0 Å². The number of benzene rings is 1. The van der Waals surface area contributed by atoms with Crippen LogP contribution < -0.4 is 20.3 Å². The lowest BCUT2D eigenvalue weighted by Gasteiger charge is -2.09. The zero-order valence-corrected chi connectivity index (χ0v) is 13.7. The number of aromatic nitrogens is 3. The summed E-state index contributed by atoms with van der Waals surface area (Å²) >= 11 is 1.09. The second-order valence-corrected chi connectivity index (χ2v) is 5.45. The number of nitrogens with one attached hydrogen (secondary N) is 2. The summed E-state index contributed by atoms with van der Waals surface area (Å²) in [5.74, 6) is 0.961. The molecule has 2 N–H and O–H groups in total. The third-order valence-electron chi connectivity index (χ3n) is 2.82. The van der Waals surface area contributed by atoms with Gasteiger partial charge >= 0.3 is 0 Å². The molecule has 0 aliphatic carbocycles. The van der Waals surface area contributed by atoms with Gasteiger partial charge in [-0.3, -0.25) is 14.6 Å². The molecule has 0 saturated heterocycles. The number of aromatic amines is 1. The molecule has 1 aromatic heterocycles. The van der Waals surface area contributed by atoms with Crippen molar-refractivity contribution in [2.75, 3.05) is 25.3 Å². The van der Waals surface area contributed by atoms with Crippen molar-refractivity contribution < 1.29 is 14.3 Å². The number of carbonyl (C=O) groups is 1. The molecular weight excluding hydrogens is 320 g/mol. The molecule has 2 rings (SSSR count). The molecule has 122 valence electrons. The fraction of sp³-hybridized carbons (Fsp3) is 0.286. The Morgan fingerprint density at radius 2 is 1.87 bits per heavy atom. The van der Waals surface area contributed by atoms with Gasteiger partial charge in [0, 0.05) is 23.9 Å². The molecule has 0 fully saturated rings. The second-order valence-electron chi connectivity index (χ2n) is 4.48. The molecule has 0 unspecified atom stereocenters. The van der Waals surface area contributed by atoms with Gasteiger partial charge in [-0.15, -0.1) is 10.2 Å². The van der Waals surface area contributed by atoms with E-state index in [-0.39, 0.29) is 22.9 Å². The average molecular weight is 336 g/mol. The van der Waals surface area contributed by atoms with Gasteiger partial charge in [-0.05, 0) is 6.92 Å². The summed E-state index contributed by atoms with van der Waals surface area (Å²) < 4.78 is 10.3. The van der Waals surface area contributed by atoms with Crippen molar-refractivity contribution in [3.8, 4) is 11.5 Å². The zero-order chi connectivity index (χ0) is 16.8. The molecule has 1 aromatic carbocycles. The Hall–Kier alpha value is -2.55. The number of aryl methyl sites for hydroxylation is 1. The highest BCUT2D eigenvalue weighted by molar-refractivity contribution is 7.99. The maximum Gasteiger partial charge on any atom is 0.273 e. The molecule has 9 heteroatoms. The molecule has 0 aliphatic heterocycles. The predicted molar refractivity (Wildman–Crippen MR) is 86.3 cm³/mol. The molecule has 1 amide bonds. The van der Waals surface area contributed by atoms with E-state index in [0.717, 1.165) is 11.8 Å². The Morgan fingerprint density at radius 3 is 2.43 bits per heavy atom. The Kier molecular flexibility index (Phi) is 5.58. The summed E-state index contributed by atoms with van der Waals surface area (Å²) in [6.07, 6.45) is 0. The maximum absolute atomic E-state index is 12.0. The number of methoxy groups -OCH3 is 2. The summed E-state index contributed by atoms with van der Waals surface area (Å²) in [4.78, 5) is 25.9. The molecular formula is C14H16N4O4S. The van der Waals surface area contributed by atoms with Crippen LogP contribution >= 0.6 is 11.8 Å². The SMILES string of the molecule is COc1cc(NC(=O)CSc2nnc(C)c(=O)[nH]2)cc(OC)c1. The number of rotatable bonds is 6. The normalized spacial score (nSPS) is 10.2. The summed E-state index contributed by atoms with van der Waals surface area (Å²) in [7, 11) is 3.06. The van der Waals surface area contributed by atoms with E-state index in [1.807, 2.05) is 0 Å². The number of nitrogens with zero attached hydrogens (tertiary/aromatic N) is 2. The van der Waals surface area contributed by atoms with Crippen LogP contribution in [0.25, 0.3) is 0 Å². The van der Waals surface area contributed by atoms with Crippen LogP contribution in [0.3, 0.4) is 0 Å². The van der Waals surface area contributed by atoms with E-state index < -0.39 is 0 Å². The van der Waals surface area contributed by atoms with Crippen molar-refractivity contribution in [3.05, 3.63) is 34.2 Å². The standard InChI is InChI=1S/C14H16N4O4S/c1-8-13(20)16-14(18-17-8)23-7-12(19)15-9-4-10(21-2)6-11(5-9)22-3/h4-6H,7H2,1-3H3,(H,15,19)(H,16,18,20). The van der Waals surface area contributed by atoms with Gasteiger partial charge in [0.2, 0.25) is 5.91 Å².